The first-order valence-electron chi connectivity index (χ1n) is 7.27. The molecule has 0 fully saturated rings. The summed E-state index contributed by atoms with van der Waals surface area (Å²) in [6, 6.07) is 7.27. The molecule has 0 amide bonds. The molecule has 0 aliphatic rings. The lowest BCUT2D eigenvalue weighted by Gasteiger charge is -2.17. The molecule has 1 unspecified atom stereocenters. The number of aldehydes is 1. The maximum atomic E-state index is 10.7. The van der Waals surface area contributed by atoms with Gasteiger partial charge < -0.3 is 4.74 Å². The Kier molecular flexibility index (Phi) is 7.08. The molecule has 0 N–H and O–H groups in total. The number of benzene rings is 1. The van der Waals surface area contributed by atoms with Crippen LogP contribution in [0.3, 0.4) is 0 Å². The zero-order valence-electron chi connectivity index (χ0n) is 12.7. The zero-order chi connectivity index (χ0) is 15.0. The summed E-state index contributed by atoms with van der Waals surface area (Å²) in [7, 11) is 0. The number of hydrogen-bond donors (Lipinski definition) is 0. The average molecular weight is 297 g/mol. The van der Waals surface area contributed by atoms with Crippen LogP contribution in [0.2, 0.25) is 0 Å². The van der Waals surface area contributed by atoms with Crippen molar-refractivity contribution < 1.29 is 9.53 Å². The van der Waals surface area contributed by atoms with Crippen LogP contribution in [0.4, 0.5) is 0 Å². The van der Waals surface area contributed by atoms with E-state index in [0.29, 0.717) is 18.1 Å². The third-order valence-corrected chi connectivity index (χ3v) is 3.53. The lowest BCUT2D eigenvalue weighted by molar-refractivity contribution is 0.112. The van der Waals surface area contributed by atoms with E-state index in [1.165, 1.54) is 6.42 Å². The number of alkyl halides is 1. The molecule has 2 nitrogen and oxygen atoms in total. The minimum absolute atomic E-state index is 0.0918. The molecular weight excluding hydrogens is 272 g/mol. The minimum Gasteiger partial charge on any atom is -0.494 e. The fraction of sp³-hybridized carbons (Fsp3) is 0.588. The van der Waals surface area contributed by atoms with Gasteiger partial charge in [0.1, 0.15) is 12.0 Å². The normalized spacial score (nSPS) is 13.0. The minimum atomic E-state index is -0.0918. The van der Waals surface area contributed by atoms with Crippen LogP contribution in [0.5, 0.6) is 5.75 Å². The molecule has 0 spiro atoms. The highest BCUT2D eigenvalue weighted by molar-refractivity contribution is 6.23. The quantitative estimate of drug-likeness (QED) is 0.468. The molecule has 0 heterocycles. The predicted octanol–water partition coefficient (Wildman–Crippen LogP) is 5.09. The molecule has 0 aromatic heterocycles. The first kappa shape index (κ1) is 17.0. The van der Waals surface area contributed by atoms with Crippen LogP contribution in [0.15, 0.2) is 24.3 Å². The predicted molar refractivity (Wildman–Crippen MR) is 84.9 cm³/mol. The number of hydrogen-bond acceptors (Lipinski definition) is 2. The number of carbonyl (C=O) groups excluding carboxylic acids is 1. The van der Waals surface area contributed by atoms with Gasteiger partial charge in [0, 0.05) is 10.4 Å². The second kappa shape index (κ2) is 8.31. The van der Waals surface area contributed by atoms with Crippen molar-refractivity contribution in [2.75, 3.05) is 6.61 Å². The molecular formula is C17H25ClO2. The van der Waals surface area contributed by atoms with Crippen molar-refractivity contribution in [3.63, 3.8) is 0 Å². The van der Waals surface area contributed by atoms with Crippen LogP contribution in [-0.4, -0.2) is 17.8 Å². The standard InChI is InChI=1S/C17H25ClO2/c1-14(6-5-10-17(2,3)18)9-11-20-16-8-4-7-15(12-16)13-19/h4,7-8,12-14H,5-6,9-11H2,1-3H3. The second-order valence-corrected chi connectivity index (χ2v) is 7.07. The molecule has 0 radical (unpaired) electrons. The molecule has 20 heavy (non-hydrogen) atoms. The summed E-state index contributed by atoms with van der Waals surface area (Å²) in [4.78, 5) is 10.6. The van der Waals surface area contributed by atoms with E-state index in [-0.39, 0.29) is 4.87 Å². The molecule has 0 saturated heterocycles. The van der Waals surface area contributed by atoms with Gasteiger partial charge in [-0.25, -0.2) is 0 Å². The van der Waals surface area contributed by atoms with Crippen molar-refractivity contribution in [3.05, 3.63) is 29.8 Å². The number of ether oxygens (including phenoxy) is 1. The first-order chi connectivity index (χ1) is 9.40. The largest absolute Gasteiger partial charge is 0.494 e. The van der Waals surface area contributed by atoms with E-state index >= 15 is 0 Å². The molecule has 1 aromatic rings. The van der Waals surface area contributed by atoms with Crippen molar-refractivity contribution in [1.29, 1.82) is 0 Å². The highest BCUT2D eigenvalue weighted by atomic mass is 35.5. The van der Waals surface area contributed by atoms with Crippen LogP contribution < -0.4 is 4.74 Å². The SMILES string of the molecule is CC(CCCC(C)(C)Cl)CCOc1cccc(C=O)c1. The molecule has 0 saturated carbocycles. The Hall–Kier alpha value is -1.02. The molecule has 1 atom stereocenters. The molecule has 3 heteroatoms. The van der Waals surface area contributed by atoms with Crippen LogP contribution in [-0.2, 0) is 0 Å². The van der Waals surface area contributed by atoms with Gasteiger partial charge in [-0.2, -0.15) is 0 Å². The van der Waals surface area contributed by atoms with Crippen LogP contribution in [0.25, 0.3) is 0 Å². The maximum Gasteiger partial charge on any atom is 0.150 e. The average Bonchev–Trinajstić information content (AvgIpc) is 2.37. The van der Waals surface area contributed by atoms with E-state index < -0.39 is 0 Å². The van der Waals surface area contributed by atoms with Crippen LogP contribution >= 0.6 is 11.6 Å². The monoisotopic (exact) mass is 296 g/mol. The third kappa shape index (κ3) is 7.54. The molecule has 112 valence electrons. The fourth-order valence-electron chi connectivity index (χ4n) is 2.07. The molecule has 1 aromatic carbocycles. The van der Waals surface area contributed by atoms with E-state index in [9.17, 15) is 4.79 Å². The Morgan fingerprint density at radius 1 is 1.35 bits per heavy atom. The van der Waals surface area contributed by atoms with E-state index in [1.807, 2.05) is 12.1 Å². The van der Waals surface area contributed by atoms with Gasteiger partial charge in [0.25, 0.3) is 0 Å². The van der Waals surface area contributed by atoms with E-state index in [2.05, 4.69) is 20.8 Å². The Bertz CT molecular complexity index is 410. The molecule has 1 rings (SSSR count). The molecule has 0 bridgehead atoms. The Labute approximate surface area is 127 Å². The third-order valence-electron chi connectivity index (χ3n) is 3.34. The highest BCUT2D eigenvalue weighted by Gasteiger charge is 2.13. The summed E-state index contributed by atoms with van der Waals surface area (Å²) in [6.45, 7) is 7.05. The van der Waals surface area contributed by atoms with E-state index in [4.69, 9.17) is 16.3 Å². The second-order valence-electron chi connectivity index (χ2n) is 6.04. The number of carbonyl (C=O) groups is 1. The topological polar surface area (TPSA) is 26.3 Å². The number of halogens is 1. The summed E-state index contributed by atoms with van der Waals surface area (Å²) >= 11 is 6.18. The lowest BCUT2D eigenvalue weighted by atomic mass is 9.97. The lowest BCUT2D eigenvalue weighted by Crippen LogP contribution is -2.11. The van der Waals surface area contributed by atoms with Crippen molar-refractivity contribution in [3.8, 4) is 5.75 Å². The van der Waals surface area contributed by atoms with Gasteiger partial charge in [0.2, 0.25) is 0 Å². The van der Waals surface area contributed by atoms with Crippen molar-refractivity contribution >= 4 is 17.9 Å². The van der Waals surface area contributed by atoms with Gasteiger partial charge in [-0.05, 0) is 44.7 Å². The van der Waals surface area contributed by atoms with Crippen LogP contribution in [0, 0.1) is 5.92 Å². The summed E-state index contributed by atoms with van der Waals surface area (Å²) in [6.07, 6.45) is 5.23. The van der Waals surface area contributed by atoms with E-state index in [1.54, 1.807) is 12.1 Å². The van der Waals surface area contributed by atoms with Crippen LogP contribution in [0.1, 0.15) is 56.8 Å². The van der Waals surface area contributed by atoms with Gasteiger partial charge in [-0.1, -0.05) is 31.9 Å². The fourth-order valence-corrected chi connectivity index (χ4v) is 2.20. The highest BCUT2D eigenvalue weighted by Crippen LogP contribution is 2.23. The smallest absolute Gasteiger partial charge is 0.150 e. The van der Waals surface area contributed by atoms with Gasteiger partial charge in [0.15, 0.2) is 0 Å². The van der Waals surface area contributed by atoms with Crippen molar-refractivity contribution in [2.24, 2.45) is 5.92 Å². The van der Waals surface area contributed by atoms with Gasteiger partial charge in [0.05, 0.1) is 6.61 Å². The van der Waals surface area contributed by atoms with E-state index in [0.717, 1.165) is 31.3 Å². The van der Waals surface area contributed by atoms with Crippen molar-refractivity contribution in [1.82, 2.24) is 0 Å². The zero-order valence-corrected chi connectivity index (χ0v) is 13.5. The summed E-state index contributed by atoms with van der Waals surface area (Å²) in [5, 5.41) is 0. The summed E-state index contributed by atoms with van der Waals surface area (Å²) in [5.74, 6) is 1.40. The Balaban J connectivity index is 2.21. The number of rotatable bonds is 9. The van der Waals surface area contributed by atoms with Gasteiger partial charge >= 0.3 is 0 Å². The first-order valence-corrected chi connectivity index (χ1v) is 7.65. The Morgan fingerprint density at radius 3 is 2.75 bits per heavy atom. The Morgan fingerprint density at radius 2 is 2.10 bits per heavy atom. The molecule has 0 aliphatic carbocycles. The van der Waals surface area contributed by atoms with Crippen molar-refractivity contribution in [2.45, 2.75) is 51.3 Å². The summed E-state index contributed by atoms with van der Waals surface area (Å²) in [5.41, 5.74) is 0.653. The van der Waals surface area contributed by atoms with Gasteiger partial charge in [-0.3, -0.25) is 4.79 Å². The van der Waals surface area contributed by atoms with Gasteiger partial charge in [-0.15, -0.1) is 11.6 Å². The maximum absolute atomic E-state index is 10.7. The summed E-state index contributed by atoms with van der Waals surface area (Å²) < 4.78 is 5.68. The molecule has 0 aliphatic heterocycles.